The van der Waals surface area contributed by atoms with Crippen LogP contribution >= 0.6 is 12.4 Å². The second-order valence-electron chi connectivity index (χ2n) is 7.32. The first-order valence-corrected chi connectivity index (χ1v) is 9.71. The Morgan fingerprint density at radius 1 is 1.17 bits per heavy atom. The van der Waals surface area contributed by atoms with Crippen molar-refractivity contribution in [2.75, 3.05) is 13.7 Å². The van der Waals surface area contributed by atoms with Gasteiger partial charge in [-0.15, -0.1) is 12.4 Å². The first kappa shape index (κ1) is 22.0. The van der Waals surface area contributed by atoms with E-state index >= 15 is 0 Å². The molecule has 0 radical (unpaired) electrons. The van der Waals surface area contributed by atoms with Gasteiger partial charge in [0.05, 0.1) is 31.8 Å². The molecule has 160 valence electrons. The van der Waals surface area contributed by atoms with Gasteiger partial charge in [-0.25, -0.2) is 19.0 Å². The number of aromatic nitrogens is 4. The molecule has 0 amide bonds. The predicted octanol–water partition coefficient (Wildman–Crippen LogP) is 3.80. The SMILES string of the molecule is COc1ccc(-n2cc(-c3ncncc3OCC3CCC(N)CC3)cn2)cc1F.Cl. The minimum Gasteiger partial charge on any atom is -0.494 e. The molecule has 3 aromatic rings. The minimum absolute atomic E-state index is 0. The summed E-state index contributed by atoms with van der Waals surface area (Å²) in [5.74, 6) is 0.854. The van der Waals surface area contributed by atoms with Gasteiger partial charge in [0.15, 0.2) is 17.3 Å². The van der Waals surface area contributed by atoms with Crippen molar-refractivity contribution in [2.24, 2.45) is 11.7 Å². The van der Waals surface area contributed by atoms with Crippen LogP contribution in [-0.4, -0.2) is 39.5 Å². The second kappa shape index (κ2) is 9.86. The zero-order chi connectivity index (χ0) is 20.2. The van der Waals surface area contributed by atoms with Crippen molar-refractivity contribution in [1.29, 1.82) is 0 Å². The molecule has 0 unspecified atom stereocenters. The van der Waals surface area contributed by atoms with Crippen LogP contribution in [0.1, 0.15) is 25.7 Å². The molecular formula is C21H25ClFN5O2. The minimum atomic E-state index is -0.444. The molecule has 0 atom stereocenters. The maximum absolute atomic E-state index is 14.0. The average molecular weight is 434 g/mol. The van der Waals surface area contributed by atoms with Gasteiger partial charge < -0.3 is 15.2 Å². The van der Waals surface area contributed by atoms with Gasteiger partial charge in [-0.2, -0.15) is 5.10 Å². The number of hydrogen-bond acceptors (Lipinski definition) is 6. The lowest BCUT2D eigenvalue weighted by atomic mass is 9.87. The highest BCUT2D eigenvalue weighted by Gasteiger charge is 2.20. The predicted molar refractivity (Wildman–Crippen MR) is 114 cm³/mol. The molecule has 0 saturated heterocycles. The molecule has 0 bridgehead atoms. The average Bonchev–Trinajstić information content (AvgIpc) is 3.23. The van der Waals surface area contributed by atoms with Crippen LogP contribution in [0.4, 0.5) is 4.39 Å². The maximum Gasteiger partial charge on any atom is 0.167 e. The lowest BCUT2D eigenvalue weighted by molar-refractivity contribution is 0.200. The van der Waals surface area contributed by atoms with Crippen molar-refractivity contribution in [3.63, 3.8) is 0 Å². The monoisotopic (exact) mass is 433 g/mol. The van der Waals surface area contributed by atoms with E-state index in [2.05, 4.69) is 15.1 Å². The molecule has 1 fully saturated rings. The van der Waals surface area contributed by atoms with Gasteiger partial charge in [0.25, 0.3) is 0 Å². The smallest absolute Gasteiger partial charge is 0.167 e. The summed E-state index contributed by atoms with van der Waals surface area (Å²) in [5, 5.41) is 4.34. The summed E-state index contributed by atoms with van der Waals surface area (Å²) < 4.78 is 26.6. The van der Waals surface area contributed by atoms with Crippen LogP contribution in [0, 0.1) is 11.7 Å². The van der Waals surface area contributed by atoms with E-state index in [4.69, 9.17) is 15.2 Å². The highest BCUT2D eigenvalue weighted by molar-refractivity contribution is 5.85. The first-order chi connectivity index (χ1) is 14.1. The molecule has 4 rings (SSSR count). The Morgan fingerprint density at radius 2 is 1.97 bits per heavy atom. The molecule has 2 N–H and O–H groups in total. The Kier molecular flexibility index (Phi) is 7.23. The fraction of sp³-hybridized carbons (Fsp3) is 0.381. The summed E-state index contributed by atoms with van der Waals surface area (Å²) in [6.45, 7) is 0.616. The van der Waals surface area contributed by atoms with E-state index in [1.807, 2.05) is 0 Å². The largest absolute Gasteiger partial charge is 0.494 e. The van der Waals surface area contributed by atoms with E-state index in [0.29, 0.717) is 35.7 Å². The van der Waals surface area contributed by atoms with Crippen LogP contribution in [0.15, 0.2) is 43.1 Å². The first-order valence-electron chi connectivity index (χ1n) is 9.71. The van der Waals surface area contributed by atoms with E-state index < -0.39 is 5.82 Å². The molecule has 1 saturated carbocycles. The normalized spacial score (nSPS) is 18.5. The standard InChI is InChI=1S/C21H24FN5O2.ClH/c1-28-19-7-6-17(8-18(19)22)27-11-15(9-26-27)21-20(10-24-13-25-21)29-12-14-2-4-16(23)5-3-14;/h6-11,13-14,16H,2-5,12,23H2,1H3;1H. The number of ether oxygens (including phenoxy) is 2. The van der Waals surface area contributed by atoms with E-state index in [0.717, 1.165) is 31.2 Å². The van der Waals surface area contributed by atoms with Crippen molar-refractivity contribution in [3.8, 4) is 28.4 Å². The van der Waals surface area contributed by atoms with Gasteiger partial charge >= 0.3 is 0 Å². The summed E-state index contributed by atoms with van der Waals surface area (Å²) >= 11 is 0. The van der Waals surface area contributed by atoms with Gasteiger partial charge in [-0.1, -0.05) is 0 Å². The Balaban J connectivity index is 0.00000256. The Morgan fingerprint density at radius 3 is 2.70 bits per heavy atom. The molecule has 7 nitrogen and oxygen atoms in total. The van der Waals surface area contributed by atoms with Crippen LogP contribution < -0.4 is 15.2 Å². The Bertz CT molecular complexity index is 976. The van der Waals surface area contributed by atoms with Crippen LogP contribution in [0.25, 0.3) is 16.9 Å². The number of rotatable bonds is 6. The van der Waals surface area contributed by atoms with Crippen molar-refractivity contribution in [2.45, 2.75) is 31.7 Å². The van der Waals surface area contributed by atoms with E-state index in [1.165, 1.54) is 19.5 Å². The molecule has 1 aliphatic carbocycles. The van der Waals surface area contributed by atoms with E-state index in [-0.39, 0.29) is 18.2 Å². The van der Waals surface area contributed by atoms with Gasteiger partial charge in [0.2, 0.25) is 0 Å². The fourth-order valence-corrected chi connectivity index (χ4v) is 3.59. The lowest BCUT2D eigenvalue weighted by Gasteiger charge is -2.26. The molecule has 0 spiro atoms. The molecule has 0 aliphatic heterocycles. The Hall–Kier alpha value is -2.71. The van der Waals surface area contributed by atoms with Crippen molar-refractivity contribution >= 4 is 12.4 Å². The summed E-state index contributed by atoms with van der Waals surface area (Å²) in [6.07, 6.45) is 10.8. The van der Waals surface area contributed by atoms with Gasteiger partial charge in [-0.3, -0.25) is 0 Å². The number of nitrogens with two attached hydrogens (primary N) is 1. The third-order valence-corrected chi connectivity index (χ3v) is 5.30. The van der Waals surface area contributed by atoms with Gasteiger partial charge in [0, 0.05) is 23.9 Å². The number of hydrogen-bond donors (Lipinski definition) is 1. The third kappa shape index (κ3) is 4.88. The van der Waals surface area contributed by atoms with Crippen LogP contribution in [0.5, 0.6) is 11.5 Å². The highest BCUT2D eigenvalue weighted by atomic mass is 35.5. The van der Waals surface area contributed by atoms with E-state index in [9.17, 15) is 4.39 Å². The molecule has 9 heteroatoms. The summed E-state index contributed by atoms with van der Waals surface area (Å²) in [5.41, 5.74) is 8.00. The molecule has 1 aliphatic rings. The molecule has 2 heterocycles. The molecular weight excluding hydrogens is 409 g/mol. The summed E-state index contributed by atoms with van der Waals surface area (Å²) in [4.78, 5) is 8.47. The number of benzene rings is 1. The molecule has 30 heavy (non-hydrogen) atoms. The topological polar surface area (TPSA) is 88.1 Å². The highest BCUT2D eigenvalue weighted by Crippen LogP contribution is 2.30. The zero-order valence-electron chi connectivity index (χ0n) is 16.7. The molecule has 1 aromatic carbocycles. The van der Waals surface area contributed by atoms with Crippen LogP contribution in [-0.2, 0) is 0 Å². The van der Waals surface area contributed by atoms with Crippen molar-refractivity contribution < 1.29 is 13.9 Å². The Labute approximate surface area is 180 Å². The van der Waals surface area contributed by atoms with Gasteiger partial charge in [-0.05, 0) is 43.7 Å². The second-order valence-corrected chi connectivity index (χ2v) is 7.32. The number of halogens is 2. The fourth-order valence-electron chi connectivity index (χ4n) is 3.59. The van der Waals surface area contributed by atoms with Crippen LogP contribution in [0.2, 0.25) is 0 Å². The van der Waals surface area contributed by atoms with Crippen LogP contribution in [0.3, 0.4) is 0 Å². The number of methoxy groups -OCH3 is 1. The summed E-state index contributed by atoms with van der Waals surface area (Å²) in [6, 6.07) is 5.00. The maximum atomic E-state index is 14.0. The van der Waals surface area contributed by atoms with Crippen molar-refractivity contribution in [1.82, 2.24) is 19.7 Å². The third-order valence-electron chi connectivity index (χ3n) is 5.30. The number of nitrogens with zero attached hydrogens (tertiary/aromatic N) is 4. The quantitative estimate of drug-likeness (QED) is 0.636. The molecule has 2 aromatic heterocycles. The van der Waals surface area contributed by atoms with Gasteiger partial charge in [0.1, 0.15) is 12.0 Å². The lowest BCUT2D eigenvalue weighted by Crippen LogP contribution is -2.28. The van der Waals surface area contributed by atoms with Crippen molar-refractivity contribution in [3.05, 3.63) is 48.9 Å². The summed E-state index contributed by atoms with van der Waals surface area (Å²) in [7, 11) is 1.43. The van der Waals surface area contributed by atoms with E-state index in [1.54, 1.807) is 35.4 Å². The zero-order valence-corrected chi connectivity index (χ0v) is 17.5.